The minimum absolute atomic E-state index is 0.250. The van der Waals surface area contributed by atoms with Gasteiger partial charge in [0.15, 0.2) is 0 Å². The van der Waals surface area contributed by atoms with Gasteiger partial charge in [0.25, 0.3) is 0 Å². The highest BCUT2D eigenvalue weighted by molar-refractivity contribution is 5.52. The first-order chi connectivity index (χ1) is 9.58. The summed E-state index contributed by atoms with van der Waals surface area (Å²) in [7, 11) is 0. The summed E-state index contributed by atoms with van der Waals surface area (Å²) >= 11 is 0. The Morgan fingerprint density at radius 1 is 1.25 bits per heavy atom. The molecule has 104 valence electrons. The molecule has 0 aliphatic carbocycles. The molecule has 20 heavy (non-hydrogen) atoms. The molecule has 0 amide bonds. The van der Waals surface area contributed by atoms with Crippen LogP contribution in [-0.4, -0.2) is 11.5 Å². The molecule has 0 bridgehead atoms. The van der Waals surface area contributed by atoms with Crippen LogP contribution in [0, 0.1) is 15.9 Å². The molecule has 0 fully saturated rings. The molecule has 0 aliphatic rings. The van der Waals surface area contributed by atoms with Crippen LogP contribution in [0.3, 0.4) is 0 Å². The summed E-state index contributed by atoms with van der Waals surface area (Å²) in [6.07, 6.45) is 0. The van der Waals surface area contributed by atoms with Gasteiger partial charge in [-0.15, -0.1) is 0 Å². The lowest BCUT2D eigenvalue weighted by atomic mass is 10.0. The second kappa shape index (κ2) is 6.14. The summed E-state index contributed by atoms with van der Waals surface area (Å²) in [6, 6.07) is 13.8. The Hall–Kier alpha value is -2.43. The van der Waals surface area contributed by atoms with E-state index in [1.54, 1.807) is 0 Å². The summed E-state index contributed by atoms with van der Waals surface area (Å²) in [5.41, 5.74) is 1.21. The van der Waals surface area contributed by atoms with E-state index in [1.807, 2.05) is 30.3 Å². The molecule has 0 saturated carbocycles. The molecule has 0 aliphatic heterocycles. The summed E-state index contributed by atoms with van der Waals surface area (Å²) in [6.45, 7) is 2.67. The van der Waals surface area contributed by atoms with Crippen LogP contribution in [0.5, 0.6) is 0 Å². The molecule has 0 spiro atoms. The van der Waals surface area contributed by atoms with Gasteiger partial charge in [-0.2, -0.15) is 4.39 Å². The van der Waals surface area contributed by atoms with Gasteiger partial charge in [0.05, 0.1) is 4.92 Å². The maximum Gasteiger partial charge on any atom is 0.306 e. The number of halogens is 1. The number of hydrogen-bond acceptors (Lipinski definition) is 3. The first kappa shape index (κ1) is 14.0. The molecule has 2 aromatic carbocycles. The maximum atomic E-state index is 13.2. The molecule has 5 heteroatoms. The van der Waals surface area contributed by atoms with Crippen molar-refractivity contribution in [2.24, 2.45) is 0 Å². The summed E-state index contributed by atoms with van der Waals surface area (Å²) in [5.74, 6) is -0.572. The Labute approximate surface area is 116 Å². The molecule has 2 rings (SSSR count). The van der Waals surface area contributed by atoms with E-state index in [0.29, 0.717) is 12.2 Å². The van der Waals surface area contributed by atoms with Gasteiger partial charge in [-0.1, -0.05) is 37.3 Å². The summed E-state index contributed by atoms with van der Waals surface area (Å²) in [4.78, 5) is 9.95. The number of rotatable bonds is 5. The van der Waals surface area contributed by atoms with Crippen molar-refractivity contribution in [1.82, 2.24) is 0 Å². The Morgan fingerprint density at radius 2 is 1.95 bits per heavy atom. The number of anilines is 1. The Kier molecular flexibility index (Phi) is 4.30. The molecule has 1 unspecified atom stereocenters. The quantitative estimate of drug-likeness (QED) is 0.663. The SMILES string of the molecule is CC(CNc1ccc(F)c([N+](=O)[O-])c1)c1ccccc1. The predicted octanol–water partition coefficient (Wildman–Crippen LogP) is 3.95. The van der Waals surface area contributed by atoms with Gasteiger partial charge in [-0.3, -0.25) is 10.1 Å². The lowest BCUT2D eigenvalue weighted by Gasteiger charge is -2.14. The van der Waals surface area contributed by atoms with E-state index in [1.165, 1.54) is 17.7 Å². The topological polar surface area (TPSA) is 55.2 Å². The molecule has 0 saturated heterocycles. The molecule has 0 heterocycles. The predicted molar refractivity (Wildman–Crippen MR) is 76.4 cm³/mol. The van der Waals surface area contributed by atoms with Crippen molar-refractivity contribution in [2.75, 3.05) is 11.9 Å². The number of nitrogens with zero attached hydrogens (tertiary/aromatic N) is 1. The number of hydrogen-bond donors (Lipinski definition) is 1. The van der Waals surface area contributed by atoms with Gasteiger partial charge in [0.2, 0.25) is 5.82 Å². The maximum absolute atomic E-state index is 13.2. The molecule has 1 N–H and O–H groups in total. The van der Waals surface area contributed by atoms with Crippen LogP contribution in [0.1, 0.15) is 18.4 Å². The minimum Gasteiger partial charge on any atom is -0.384 e. The highest BCUT2D eigenvalue weighted by Gasteiger charge is 2.14. The summed E-state index contributed by atoms with van der Waals surface area (Å²) in [5, 5.41) is 13.8. The van der Waals surface area contributed by atoms with Crippen LogP contribution in [0.25, 0.3) is 0 Å². The third-order valence-electron chi connectivity index (χ3n) is 3.12. The van der Waals surface area contributed by atoms with E-state index in [2.05, 4.69) is 12.2 Å². The Morgan fingerprint density at radius 3 is 2.60 bits per heavy atom. The lowest BCUT2D eigenvalue weighted by Crippen LogP contribution is -2.10. The third-order valence-corrected chi connectivity index (χ3v) is 3.12. The highest BCUT2D eigenvalue weighted by Crippen LogP contribution is 2.22. The van der Waals surface area contributed by atoms with Gasteiger partial charge in [0, 0.05) is 18.3 Å². The van der Waals surface area contributed by atoms with Crippen molar-refractivity contribution in [1.29, 1.82) is 0 Å². The van der Waals surface area contributed by atoms with Crippen molar-refractivity contribution in [3.8, 4) is 0 Å². The van der Waals surface area contributed by atoms with Crippen molar-refractivity contribution in [3.63, 3.8) is 0 Å². The Balaban J connectivity index is 2.04. The first-order valence-corrected chi connectivity index (χ1v) is 6.30. The smallest absolute Gasteiger partial charge is 0.306 e. The van der Waals surface area contributed by atoms with E-state index in [-0.39, 0.29) is 5.92 Å². The first-order valence-electron chi connectivity index (χ1n) is 6.30. The van der Waals surface area contributed by atoms with Crippen LogP contribution in [0.15, 0.2) is 48.5 Å². The van der Waals surface area contributed by atoms with Crippen LogP contribution in [0.2, 0.25) is 0 Å². The van der Waals surface area contributed by atoms with E-state index in [9.17, 15) is 14.5 Å². The van der Waals surface area contributed by atoms with Gasteiger partial charge in [-0.05, 0) is 23.6 Å². The molecule has 2 aromatic rings. The second-order valence-corrected chi connectivity index (χ2v) is 4.62. The number of nitrogens with one attached hydrogen (secondary N) is 1. The largest absolute Gasteiger partial charge is 0.384 e. The van der Waals surface area contributed by atoms with E-state index >= 15 is 0 Å². The third kappa shape index (κ3) is 3.32. The van der Waals surface area contributed by atoms with Crippen molar-refractivity contribution < 1.29 is 9.31 Å². The fourth-order valence-corrected chi connectivity index (χ4v) is 1.93. The van der Waals surface area contributed by atoms with Crippen LogP contribution < -0.4 is 5.32 Å². The minimum atomic E-state index is -0.823. The molecule has 0 radical (unpaired) electrons. The molecule has 0 aromatic heterocycles. The normalized spacial score (nSPS) is 11.9. The zero-order valence-electron chi connectivity index (χ0n) is 11.0. The average Bonchev–Trinajstić information content (AvgIpc) is 2.46. The van der Waals surface area contributed by atoms with E-state index < -0.39 is 16.4 Å². The molecular weight excluding hydrogens is 259 g/mol. The van der Waals surface area contributed by atoms with Crippen LogP contribution in [-0.2, 0) is 0 Å². The van der Waals surface area contributed by atoms with Crippen molar-refractivity contribution in [2.45, 2.75) is 12.8 Å². The Bertz CT molecular complexity index is 602. The number of benzene rings is 2. The fourth-order valence-electron chi connectivity index (χ4n) is 1.93. The summed E-state index contributed by atoms with van der Waals surface area (Å²) < 4.78 is 13.2. The van der Waals surface area contributed by atoms with Gasteiger partial charge in [0.1, 0.15) is 0 Å². The zero-order chi connectivity index (χ0) is 14.5. The second-order valence-electron chi connectivity index (χ2n) is 4.62. The van der Waals surface area contributed by atoms with Crippen molar-refractivity contribution in [3.05, 3.63) is 70.0 Å². The monoisotopic (exact) mass is 274 g/mol. The van der Waals surface area contributed by atoms with Gasteiger partial charge in [-0.25, -0.2) is 0 Å². The zero-order valence-corrected chi connectivity index (χ0v) is 11.0. The van der Waals surface area contributed by atoms with Gasteiger partial charge < -0.3 is 5.32 Å². The van der Waals surface area contributed by atoms with E-state index in [0.717, 1.165) is 6.07 Å². The van der Waals surface area contributed by atoms with E-state index in [4.69, 9.17) is 0 Å². The van der Waals surface area contributed by atoms with Crippen LogP contribution in [0.4, 0.5) is 15.8 Å². The van der Waals surface area contributed by atoms with Crippen LogP contribution >= 0.6 is 0 Å². The van der Waals surface area contributed by atoms with Crippen molar-refractivity contribution >= 4 is 11.4 Å². The lowest BCUT2D eigenvalue weighted by molar-refractivity contribution is -0.387. The molecular formula is C15H15FN2O2. The number of nitro benzene ring substituents is 1. The molecule has 4 nitrogen and oxygen atoms in total. The molecule has 1 atom stereocenters. The average molecular weight is 274 g/mol. The number of nitro groups is 1. The highest BCUT2D eigenvalue weighted by atomic mass is 19.1. The fraction of sp³-hybridized carbons (Fsp3) is 0.200. The standard InChI is InChI=1S/C15H15FN2O2/c1-11(12-5-3-2-4-6-12)10-17-13-7-8-14(16)15(9-13)18(19)20/h2-9,11,17H,10H2,1H3. The van der Waals surface area contributed by atoms with Gasteiger partial charge >= 0.3 is 5.69 Å².